The fourth-order valence-corrected chi connectivity index (χ4v) is 1.67. The van der Waals surface area contributed by atoms with E-state index in [1.54, 1.807) is 18.2 Å². The summed E-state index contributed by atoms with van der Waals surface area (Å²) in [5.41, 5.74) is 0.195. The molecule has 0 saturated heterocycles. The second-order valence-corrected chi connectivity index (χ2v) is 4.37. The lowest BCUT2D eigenvalue weighted by Gasteiger charge is -2.09. The Hall–Kier alpha value is -1.59. The van der Waals surface area contributed by atoms with Crippen molar-refractivity contribution in [1.29, 1.82) is 0 Å². The second kappa shape index (κ2) is 10.2. The predicted molar refractivity (Wildman–Crippen MR) is 77.5 cm³/mol. The summed E-state index contributed by atoms with van der Waals surface area (Å²) in [7, 11) is 0. The summed E-state index contributed by atoms with van der Waals surface area (Å²) in [4.78, 5) is 11.0. The maximum absolute atomic E-state index is 11.0. The Morgan fingerprint density at radius 3 is 2.75 bits per heavy atom. The maximum atomic E-state index is 11.0. The second-order valence-electron chi connectivity index (χ2n) is 4.37. The van der Waals surface area contributed by atoms with Crippen molar-refractivity contribution in [2.75, 3.05) is 32.9 Å². The van der Waals surface area contributed by atoms with Crippen molar-refractivity contribution in [2.45, 2.75) is 19.8 Å². The van der Waals surface area contributed by atoms with Crippen molar-refractivity contribution in [3.05, 3.63) is 29.8 Å². The summed E-state index contributed by atoms with van der Waals surface area (Å²) < 4.78 is 10.8. The number of carboxylic acid groups (broad SMARTS) is 1. The number of para-hydroxylation sites is 1. The van der Waals surface area contributed by atoms with Gasteiger partial charge in [-0.05, 0) is 31.5 Å². The molecule has 0 unspecified atom stereocenters. The molecule has 0 aliphatic rings. The average molecular weight is 281 g/mol. The first-order valence-corrected chi connectivity index (χ1v) is 6.99. The molecule has 0 aliphatic carbocycles. The highest BCUT2D eigenvalue weighted by atomic mass is 16.5. The lowest BCUT2D eigenvalue weighted by molar-refractivity contribution is 0.0692. The Balaban J connectivity index is 2.11. The van der Waals surface area contributed by atoms with Crippen LogP contribution < -0.4 is 10.1 Å². The lowest BCUT2D eigenvalue weighted by atomic mass is 10.2. The molecular weight excluding hydrogens is 258 g/mol. The molecule has 0 radical (unpaired) electrons. The van der Waals surface area contributed by atoms with Crippen LogP contribution in [0.5, 0.6) is 5.75 Å². The van der Waals surface area contributed by atoms with E-state index in [2.05, 4.69) is 12.2 Å². The molecule has 0 atom stereocenters. The van der Waals surface area contributed by atoms with Crippen LogP contribution in [0.25, 0.3) is 0 Å². The number of carbonyl (C=O) groups is 1. The molecule has 0 aliphatic heterocycles. The average Bonchev–Trinajstić information content (AvgIpc) is 2.46. The Morgan fingerprint density at radius 2 is 2.00 bits per heavy atom. The Labute approximate surface area is 119 Å². The van der Waals surface area contributed by atoms with E-state index in [0.29, 0.717) is 18.9 Å². The highest BCUT2D eigenvalue weighted by Crippen LogP contribution is 2.17. The highest BCUT2D eigenvalue weighted by Gasteiger charge is 2.09. The van der Waals surface area contributed by atoms with Gasteiger partial charge in [-0.1, -0.05) is 19.1 Å². The van der Waals surface area contributed by atoms with Gasteiger partial charge in [-0.25, -0.2) is 4.79 Å². The lowest BCUT2D eigenvalue weighted by Crippen LogP contribution is -2.23. The fraction of sp³-hybridized carbons (Fsp3) is 0.533. The fourth-order valence-electron chi connectivity index (χ4n) is 1.67. The summed E-state index contributed by atoms with van der Waals surface area (Å²) in [6.07, 6.45) is 2.01. The first kappa shape index (κ1) is 16.5. The third-order valence-corrected chi connectivity index (χ3v) is 2.64. The largest absolute Gasteiger partial charge is 0.491 e. The van der Waals surface area contributed by atoms with Crippen molar-refractivity contribution < 1.29 is 19.4 Å². The number of ether oxygens (including phenoxy) is 2. The number of nitrogens with one attached hydrogen (secondary N) is 1. The minimum absolute atomic E-state index is 0.195. The Bertz CT molecular complexity index is 395. The normalized spacial score (nSPS) is 10.4. The van der Waals surface area contributed by atoms with Crippen LogP contribution in [0.1, 0.15) is 30.1 Å². The number of benzene rings is 1. The summed E-state index contributed by atoms with van der Waals surface area (Å²) in [5.74, 6) is -0.560. The molecule has 5 nitrogen and oxygen atoms in total. The topological polar surface area (TPSA) is 67.8 Å². The molecule has 0 aromatic heterocycles. The van der Waals surface area contributed by atoms with Gasteiger partial charge >= 0.3 is 5.97 Å². The standard InChI is InChI=1S/C15H23NO4/c1-2-10-19-11-5-8-16-9-12-20-14-7-4-3-6-13(14)15(17)18/h3-4,6-7,16H,2,5,8-12H2,1H3,(H,17,18). The van der Waals surface area contributed by atoms with Crippen LogP contribution in [0, 0.1) is 0 Å². The van der Waals surface area contributed by atoms with Gasteiger partial charge in [-0.15, -0.1) is 0 Å². The van der Waals surface area contributed by atoms with Crippen LogP contribution in [0.3, 0.4) is 0 Å². The first-order chi connectivity index (χ1) is 9.75. The van der Waals surface area contributed by atoms with Crippen molar-refractivity contribution >= 4 is 5.97 Å². The van der Waals surface area contributed by atoms with Crippen LogP contribution in [0.2, 0.25) is 0 Å². The summed E-state index contributed by atoms with van der Waals surface area (Å²) >= 11 is 0. The molecule has 20 heavy (non-hydrogen) atoms. The maximum Gasteiger partial charge on any atom is 0.339 e. The summed E-state index contributed by atoms with van der Waals surface area (Å²) in [5, 5.41) is 12.2. The summed E-state index contributed by atoms with van der Waals surface area (Å²) in [6, 6.07) is 6.66. The van der Waals surface area contributed by atoms with Crippen molar-refractivity contribution in [3.8, 4) is 5.75 Å². The van der Waals surface area contributed by atoms with E-state index in [9.17, 15) is 4.79 Å². The first-order valence-electron chi connectivity index (χ1n) is 6.99. The van der Waals surface area contributed by atoms with Gasteiger partial charge < -0.3 is 19.9 Å². The number of hydrogen-bond donors (Lipinski definition) is 2. The van der Waals surface area contributed by atoms with Gasteiger partial charge in [0, 0.05) is 19.8 Å². The van der Waals surface area contributed by atoms with Crippen molar-refractivity contribution in [3.63, 3.8) is 0 Å². The van der Waals surface area contributed by atoms with E-state index in [-0.39, 0.29) is 5.56 Å². The van der Waals surface area contributed by atoms with Gasteiger partial charge in [-0.2, -0.15) is 0 Å². The third kappa shape index (κ3) is 6.54. The monoisotopic (exact) mass is 281 g/mol. The molecule has 2 N–H and O–H groups in total. The molecular formula is C15H23NO4. The number of carboxylic acids is 1. The van der Waals surface area contributed by atoms with Gasteiger partial charge in [0.25, 0.3) is 0 Å². The molecule has 1 rings (SSSR count). The molecule has 112 valence electrons. The van der Waals surface area contributed by atoms with Gasteiger partial charge in [0.2, 0.25) is 0 Å². The summed E-state index contributed by atoms with van der Waals surface area (Å²) in [6.45, 7) is 5.67. The van der Waals surface area contributed by atoms with Gasteiger partial charge in [0.05, 0.1) is 0 Å². The number of hydrogen-bond acceptors (Lipinski definition) is 4. The minimum Gasteiger partial charge on any atom is -0.491 e. The van der Waals surface area contributed by atoms with Gasteiger partial charge in [0.1, 0.15) is 17.9 Å². The zero-order valence-electron chi connectivity index (χ0n) is 11.9. The zero-order valence-corrected chi connectivity index (χ0v) is 11.9. The van der Waals surface area contributed by atoms with Crippen molar-refractivity contribution in [2.24, 2.45) is 0 Å². The van der Waals surface area contributed by atoms with Gasteiger partial charge in [0.15, 0.2) is 0 Å². The predicted octanol–water partition coefficient (Wildman–Crippen LogP) is 2.17. The third-order valence-electron chi connectivity index (χ3n) is 2.64. The van der Waals surface area contributed by atoms with E-state index < -0.39 is 5.97 Å². The smallest absolute Gasteiger partial charge is 0.339 e. The highest BCUT2D eigenvalue weighted by molar-refractivity contribution is 5.90. The quantitative estimate of drug-likeness (QED) is 0.608. The number of rotatable bonds is 11. The van der Waals surface area contributed by atoms with E-state index in [4.69, 9.17) is 14.6 Å². The van der Waals surface area contributed by atoms with Gasteiger partial charge in [-0.3, -0.25) is 0 Å². The van der Waals surface area contributed by atoms with Crippen LogP contribution >= 0.6 is 0 Å². The van der Waals surface area contributed by atoms with Crippen molar-refractivity contribution in [1.82, 2.24) is 5.32 Å². The molecule has 5 heteroatoms. The molecule has 0 fully saturated rings. The van der Waals surface area contributed by atoms with Crippen LogP contribution in [-0.2, 0) is 4.74 Å². The molecule has 0 spiro atoms. The SMILES string of the molecule is CCCOCCCNCCOc1ccccc1C(=O)O. The molecule has 0 bridgehead atoms. The van der Waals surface area contributed by atoms with Crippen LogP contribution in [0.15, 0.2) is 24.3 Å². The van der Waals surface area contributed by atoms with E-state index in [1.165, 1.54) is 6.07 Å². The van der Waals surface area contributed by atoms with E-state index in [1.807, 2.05) is 0 Å². The molecule has 1 aromatic rings. The zero-order chi connectivity index (χ0) is 14.6. The van der Waals surface area contributed by atoms with E-state index >= 15 is 0 Å². The van der Waals surface area contributed by atoms with Crippen LogP contribution in [-0.4, -0.2) is 44.0 Å². The molecule has 0 saturated carbocycles. The minimum atomic E-state index is -0.971. The molecule has 0 amide bonds. The Morgan fingerprint density at radius 1 is 1.20 bits per heavy atom. The number of aromatic carboxylic acids is 1. The Kier molecular flexibility index (Phi) is 8.42. The van der Waals surface area contributed by atoms with E-state index in [0.717, 1.165) is 32.6 Å². The molecule has 1 aromatic carbocycles. The van der Waals surface area contributed by atoms with Crippen LogP contribution in [0.4, 0.5) is 0 Å². The molecule has 0 heterocycles.